The predicted molar refractivity (Wildman–Crippen MR) is 130 cm³/mol. The van der Waals surface area contributed by atoms with E-state index >= 15 is 0 Å². The van der Waals surface area contributed by atoms with Crippen molar-refractivity contribution in [2.24, 2.45) is 0 Å². The number of nitrogens with one attached hydrogen (secondary N) is 2. The van der Waals surface area contributed by atoms with Crippen molar-refractivity contribution in [3.05, 3.63) is 58.1 Å². The Morgan fingerprint density at radius 1 is 1.06 bits per heavy atom. The van der Waals surface area contributed by atoms with Gasteiger partial charge in [-0.3, -0.25) is 13.9 Å². The number of para-hydroxylation sites is 1. The highest BCUT2D eigenvalue weighted by Crippen LogP contribution is 2.31. The van der Waals surface area contributed by atoms with Crippen LogP contribution in [0.4, 0.5) is 11.4 Å². The van der Waals surface area contributed by atoms with Crippen LogP contribution in [0.1, 0.15) is 44.0 Å². The number of sulfonamides is 1. The van der Waals surface area contributed by atoms with E-state index in [2.05, 4.69) is 10.6 Å². The Bertz CT molecular complexity index is 1100. The Hall–Kier alpha value is -2.29. The molecule has 0 spiro atoms. The summed E-state index contributed by atoms with van der Waals surface area (Å²) in [5.74, 6) is -0.640. The Labute approximate surface area is 199 Å². The van der Waals surface area contributed by atoms with E-state index in [1.807, 2.05) is 20.8 Å². The number of anilines is 2. The Kier molecular flexibility index (Phi) is 8.56. The average Bonchev–Trinajstić information content (AvgIpc) is 2.65. The van der Waals surface area contributed by atoms with E-state index in [1.54, 1.807) is 30.3 Å². The zero-order valence-electron chi connectivity index (χ0n) is 18.4. The molecular formula is C22H27Cl2N3O4S. The van der Waals surface area contributed by atoms with Crippen molar-refractivity contribution in [2.75, 3.05) is 22.4 Å². The molecule has 2 N–H and O–H groups in total. The zero-order chi connectivity index (χ0) is 24.1. The summed E-state index contributed by atoms with van der Waals surface area (Å²) in [6, 6.07) is 11.3. The third kappa shape index (κ3) is 7.69. The van der Waals surface area contributed by atoms with E-state index in [1.165, 1.54) is 12.1 Å². The van der Waals surface area contributed by atoms with Gasteiger partial charge in [0.25, 0.3) is 5.91 Å². The monoisotopic (exact) mass is 499 g/mol. The van der Waals surface area contributed by atoms with Crippen molar-refractivity contribution in [1.82, 2.24) is 5.32 Å². The third-order valence-electron chi connectivity index (χ3n) is 4.28. The van der Waals surface area contributed by atoms with Crippen LogP contribution < -0.4 is 14.9 Å². The highest BCUT2D eigenvalue weighted by atomic mass is 35.5. The number of benzene rings is 2. The molecule has 10 heteroatoms. The van der Waals surface area contributed by atoms with Gasteiger partial charge in [-0.1, -0.05) is 35.3 Å². The van der Waals surface area contributed by atoms with Crippen LogP contribution in [-0.4, -0.2) is 38.6 Å². The van der Waals surface area contributed by atoms with Crippen molar-refractivity contribution < 1.29 is 18.0 Å². The van der Waals surface area contributed by atoms with Crippen LogP contribution in [0, 0.1) is 0 Å². The second-order valence-corrected chi connectivity index (χ2v) is 11.1. The molecule has 0 saturated heterocycles. The van der Waals surface area contributed by atoms with Gasteiger partial charge >= 0.3 is 0 Å². The highest BCUT2D eigenvalue weighted by molar-refractivity contribution is 7.92. The third-order valence-corrected chi connectivity index (χ3v) is 6.01. The maximum absolute atomic E-state index is 12.5. The molecule has 2 aromatic rings. The van der Waals surface area contributed by atoms with Crippen LogP contribution in [0.15, 0.2) is 42.5 Å². The quantitative estimate of drug-likeness (QED) is 0.549. The average molecular weight is 500 g/mol. The molecule has 0 saturated carbocycles. The summed E-state index contributed by atoms with van der Waals surface area (Å²) in [5.41, 5.74) is 0.563. The number of carbonyl (C=O) groups is 2. The van der Waals surface area contributed by atoms with E-state index in [9.17, 15) is 18.0 Å². The standard InChI is InChI=1S/C22H27Cl2N3O4S/c1-22(2,3)26-21(29)16-8-5-6-9-18(16)25-20(28)10-7-13-27(32(4,30)31)19-14-15(23)11-12-17(19)24/h5-6,8-9,11-12,14H,7,10,13H2,1-4H3,(H,25,28)(H,26,29). The first-order valence-corrected chi connectivity index (χ1v) is 12.5. The molecule has 0 aromatic heterocycles. The molecule has 32 heavy (non-hydrogen) atoms. The summed E-state index contributed by atoms with van der Waals surface area (Å²) in [6.45, 7) is 5.64. The molecule has 0 bridgehead atoms. The van der Waals surface area contributed by atoms with E-state index in [4.69, 9.17) is 23.2 Å². The van der Waals surface area contributed by atoms with Gasteiger partial charge in [0.2, 0.25) is 15.9 Å². The van der Waals surface area contributed by atoms with Crippen LogP contribution in [0.5, 0.6) is 0 Å². The number of carbonyl (C=O) groups excluding carboxylic acids is 2. The summed E-state index contributed by atoms with van der Waals surface area (Å²) in [5, 5.41) is 6.19. The molecule has 0 aliphatic carbocycles. The first kappa shape index (κ1) is 26.0. The molecule has 0 fully saturated rings. The predicted octanol–water partition coefficient (Wildman–Crippen LogP) is 4.71. The number of nitrogens with zero attached hydrogens (tertiary/aromatic N) is 1. The number of amides is 2. The van der Waals surface area contributed by atoms with Crippen LogP contribution in [0.25, 0.3) is 0 Å². The largest absolute Gasteiger partial charge is 0.347 e. The molecule has 0 aliphatic heterocycles. The summed E-state index contributed by atoms with van der Waals surface area (Å²) in [4.78, 5) is 25.0. The first-order chi connectivity index (χ1) is 14.8. The SMILES string of the molecule is CC(C)(C)NC(=O)c1ccccc1NC(=O)CCCN(c1cc(Cl)ccc1Cl)S(C)(=O)=O. The highest BCUT2D eigenvalue weighted by Gasteiger charge is 2.21. The summed E-state index contributed by atoms with van der Waals surface area (Å²) in [6.07, 6.45) is 1.34. The van der Waals surface area contributed by atoms with Gasteiger partial charge in [-0.25, -0.2) is 8.42 Å². The van der Waals surface area contributed by atoms with E-state index < -0.39 is 15.6 Å². The van der Waals surface area contributed by atoms with E-state index in [0.29, 0.717) is 16.3 Å². The van der Waals surface area contributed by atoms with Gasteiger partial charge in [-0.15, -0.1) is 0 Å². The number of hydrogen-bond acceptors (Lipinski definition) is 4. The smallest absolute Gasteiger partial charge is 0.253 e. The van der Waals surface area contributed by atoms with Gasteiger partial charge in [0.05, 0.1) is 28.2 Å². The Morgan fingerprint density at radius 3 is 2.34 bits per heavy atom. The van der Waals surface area contributed by atoms with Gasteiger partial charge in [0.1, 0.15) is 0 Å². The fourth-order valence-corrected chi connectivity index (χ4v) is 4.34. The fraction of sp³-hybridized carbons (Fsp3) is 0.364. The minimum absolute atomic E-state index is 0.0402. The van der Waals surface area contributed by atoms with Gasteiger partial charge < -0.3 is 10.6 Å². The number of rotatable bonds is 8. The van der Waals surface area contributed by atoms with Gasteiger partial charge in [0.15, 0.2) is 0 Å². The molecule has 2 amide bonds. The molecule has 0 atom stereocenters. The van der Waals surface area contributed by atoms with Crippen molar-refractivity contribution in [2.45, 2.75) is 39.2 Å². The van der Waals surface area contributed by atoms with Gasteiger partial charge in [0, 0.05) is 23.5 Å². The van der Waals surface area contributed by atoms with Gasteiger partial charge in [-0.2, -0.15) is 0 Å². The number of hydrogen-bond donors (Lipinski definition) is 2. The minimum Gasteiger partial charge on any atom is -0.347 e. The van der Waals surface area contributed by atoms with Crippen molar-refractivity contribution in [3.63, 3.8) is 0 Å². The van der Waals surface area contributed by atoms with Crippen LogP contribution in [0.2, 0.25) is 10.0 Å². The van der Waals surface area contributed by atoms with Crippen LogP contribution in [-0.2, 0) is 14.8 Å². The van der Waals surface area contributed by atoms with Gasteiger partial charge in [-0.05, 0) is 57.5 Å². The maximum Gasteiger partial charge on any atom is 0.253 e. The topological polar surface area (TPSA) is 95.6 Å². The fourth-order valence-electron chi connectivity index (χ4n) is 2.94. The normalized spacial score (nSPS) is 11.7. The zero-order valence-corrected chi connectivity index (χ0v) is 20.7. The Balaban J connectivity index is 2.07. The maximum atomic E-state index is 12.5. The van der Waals surface area contributed by atoms with Crippen molar-refractivity contribution >= 4 is 56.4 Å². The minimum atomic E-state index is -3.64. The Morgan fingerprint density at radius 2 is 1.72 bits per heavy atom. The molecular weight excluding hydrogens is 473 g/mol. The van der Waals surface area contributed by atoms with Crippen molar-refractivity contribution in [3.8, 4) is 0 Å². The summed E-state index contributed by atoms with van der Waals surface area (Å²) >= 11 is 12.1. The second-order valence-electron chi connectivity index (χ2n) is 8.33. The molecule has 0 unspecified atom stereocenters. The lowest BCUT2D eigenvalue weighted by molar-refractivity contribution is -0.116. The first-order valence-electron chi connectivity index (χ1n) is 9.92. The molecule has 7 nitrogen and oxygen atoms in total. The molecule has 0 aliphatic rings. The molecule has 0 heterocycles. The number of halogens is 2. The molecule has 0 radical (unpaired) electrons. The summed E-state index contributed by atoms with van der Waals surface area (Å²) in [7, 11) is -3.64. The second kappa shape index (κ2) is 10.6. The van der Waals surface area contributed by atoms with Crippen LogP contribution in [0.3, 0.4) is 0 Å². The van der Waals surface area contributed by atoms with E-state index in [0.717, 1.165) is 10.6 Å². The lowest BCUT2D eigenvalue weighted by atomic mass is 10.1. The molecule has 174 valence electrons. The van der Waals surface area contributed by atoms with E-state index in [-0.39, 0.29) is 41.9 Å². The van der Waals surface area contributed by atoms with Crippen LogP contribution >= 0.6 is 23.2 Å². The van der Waals surface area contributed by atoms with Crippen molar-refractivity contribution in [1.29, 1.82) is 0 Å². The lowest BCUT2D eigenvalue weighted by Crippen LogP contribution is -2.40. The molecule has 2 aromatic carbocycles. The lowest BCUT2D eigenvalue weighted by Gasteiger charge is -2.23. The summed E-state index contributed by atoms with van der Waals surface area (Å²) < 4.78 is 25.7. The molecule has 2 rings (SSSR count).